The number of para-hydroxylation sites is 2. The van der Waals surface area contributed by atoms with Gasteiger partial charge >= 0.3 is 0 Å². The summed E-state index contributed by atoms with van der Waals surface area (Å²) in [7, 11) is 2.11. The first-order chi connectivity index (χ1) is 7.83. The van der Waals surface area contributed by atoms with Gasteiger partial charge in [0.2, 0.25) is 0 Å². The molecule has 0 aliphatic carbocycles. The zero-order chi connectivity index (χ0) is 11.4. The van der Waals surface area contributed by atoms with Crippen molar-refractivity contribution in [3.8, 4) is 0 Å². The lowest BCUT2D eigenvalue weighted by Crippen LogP contribution is -2.11. The van der Waals surface area contributed by atoms with E-state index >= 15 is 0 Å². The molecule has 0 radical (unpaired) electrons. The Hall–Kier alpha value is -1.76. The molecule has 0 aliphatic rings. The van der Waals surface area contributed by atoms with Crippen molar-refractivity contribution in [3.05, 3.63) is 60.2 Å². The van der Waals surface area contributed by atoms with Crippen molar-refractivity contribution in [3.63, 3.8) is 0 Å². The van der Waals surface area contributed by atoms with Crippen LogP contribution in [0.5, 0.6) is 0 Å². The second kappa shape index (κ2) is 4.84. The minimum Gasteiger partial charge on any atom is -0.344 e. The Bertz CT molecular complexity index is 448. The average Bonchev–Trinajstić information content (AvgIpc) is 2.39. The van der Waals surface area contributed by atoms with Crippen LogP contribution in [-0.4, -0.2) is 7.05 Å². The van der Waals surface area contributed by atoms with Crippen LogP contribution in [-0.2, 0) is 6.42 Å². The van der Waals surface area contributed by atoms with E-state index in [1.165, 1.54) is 16.9 Å². The van der Waals surface area contributed by atoms with E-state index in [1.54, 1.807) is 0 Å². The van der Waals surface area contributed by atoms with Crippen molar-refractivity contribution in [1.82, 2.24) is 0 Å². The van der Waals surface area contributed by atoms with Crippen LogP contribution >= 0.6 is 0 Å². The van der Waals surface area contributed by atoms with Crippen molar-refractivity contribution in [2.75, 3.05) is 11.9 Å². The first-order valence-electron chi connectivity index (χ1n) is 5.69. The minimum atomic E-state index is 1.06. The molecule has 0 aromatic heterocycles. The zero-order valence-corrected chi connectivity index (χ0v) is 9.85. The van der Waals surface area contributed by atoms with E-state index in [2.05, 4.69) is 67.4 Å². The molecule has 0 atom stereocenters. The van der Waals surface area contributed by atoms with Crippen LogP contribution in [0.3, 0.4) is 0 Å². The molecule has 2 aromatic rings. The second-order valence-electron chi connectivity index (χ2n) is 3.88. The van der Waals surface area contributed by atoms with Crippen LogP contribution in [0.25, 0.3) is 0 Å². The van der Waals surface area contributed by atoms with Crippen LogP contribution in [0.1, 0.15) is 12.5 Å². The molecule has 16 heavy (non-hydrogen) atoms. The smallest absolute Gasteiger partial charge is 0.0440 e. The fourth-order valence-corrected chi connectivity index (χ4v) is 1.93. The van der Waals surface area contributed by atoms with Crippen LogP contribution < -0.4 is 4.90 Å². The molecule has 82 valence electrons. The van der Waals surface area contributed by atoms with E-state index in [0.717, 1.165) is 6.42 Å². The van der Waals surface area contributed by atoms with E-state index in [-0.39, 0.29) is 0 Å². The first-order valence-corrected chi connectivity index (χ1v) is 5.69. The lowest BCUT2D eigenvalue weighted by atomic mass is 10.1. The molecule has 0 bridgehead atoms. The molecule has 0 saturated carbocycles. The highest BCUT2D eigenvalue weighted by molar-refractivity contribution is 5.65. The summed E-state index contributed by atoms with van der Waals surface area (Å²) in [5.74, 6) is 0. The van der Waals surface area contributed by atoms with Gasteiger partial charge in [0.25, 0.3) is 0 Å². The second-order valence-corrected chi connectivity index (χ2v) is 3.88. The largest absolute Gasteiger partial charge is 0.344 e. The summed E-state index contributed by atoms with van der Waals surface area (Å²) in [6.45, 7) is 2.19. The minimum absolute atomic E-state index is 1.06. The molecule has 0 saturated heterocycles. The molecule has 0 N–H and O–H groups in total. The van der Waals surface area contributed by atoms with Gasteiger partial charge in [0.05, 0.1) is 0 Å². The van der Waals surface area contributed by atoms with Gasteiger partial charge in [-0.15, -0.1) is 0 Å². The SMILES string of the molecule is CCc1ccccc1N(C)c1ccccc1. The van der Waals surface area contributed by atoms with Crippen LogP contribution in [0, 0.1) is 0 Å². The lowest BCUT2D eigenvalue weighted by molar-refractivity contribution is 1.09. The standard InChI is InChI=1S/C15H17N/c1-3-13-9-7-8-12-15(13)16(2)14-10-5-4-6-11-14/h4-12H,3H2,1-2H3. The molecular formula is C15H17N. The summed E-state index contributed by atoms with van der Waals surface area (Å²) in [6.07, 6.45) is 1.06. The molecule has 0 spiro atoms. The number of aryl methyl sites for hydroxylation is 1. The van der Waals surface area contributed by atoms with Gasteiger partial charge in [-0.3, -0.25) is 0 Å². The highest BCUT2D eigenvalue weighted by Crippen LogP contribution is 2.26. The molecule has 0 amide bonds. The van der Waals surface area contributed by atoms with Crippen molar-refractivity contribution in [2.45, 2.75) is 13.3 Å². The van der Waals surface area contributed by atoms with Crippen LogP contribution in [0.2, 0.25) is 0 Å². The molecule has 1 nitrogen and oxygen atoms in total. The maximum atomic E-state index is 2.23. The summed E-state index contributed by atoms with van der Waals surface area (Å²) in [5, 5.41) is 0. The van der Waals surface area contributed by atoms with Gasteiger partial charge in [-0.1, -0.05) is 43.3 Å². The van der Waals surface area contributed by atoms with E-state index in [0.29, 0.717) is 0 Å². The zero-order valence-electron chi connectivity index (χ0n) is 9.85. The summed E-state index contributed by atoms with van der Waals surface area (Å²) >= 11 is 0. The summed E-state index contributed by atoms with van der Waals surface area (Å²) < 4.78 is 0. The molecule has 0 heterocycles. The number of anilines is 2. The Morgan fingerprint density at radius 3 is 2.19 bits per heavy atom. The first kappa shape index (κ1) is 10.7. The fourth-order valence-electron chi connectivity index (χ4n) is 1.93. The summed E-state index contributed by atoms with van der Waals surface area (Å²) in [4.78, 5) is 2.23. The Morgan fingerprint density at radius 2 is 1.50 bits per heavy atom. The van der Waals surface area contributed by atoms with Gasteiger partial charge in [0.1, 0.15) is 0 Å². The average molecular weight is 211 g/mol. The van der Waals surface area contributed by atoms with Crippen molar-refractivity contribution < 1.29 is 0 Å². The van der Waals surface area contributed by atoms with Gasteiger partial charge < -0.3 is 4.90 Å². The molecule has 1 heteroatoms. The topological polar surface area (TPSA) is 3.24 Å². The molecule has 0 unspecified atom stereocenters. The third-order valence-electron chi connectivity index (χ3n) is 2.88. The number of nitrogens with zero attached hydrogens (tertiary/aromatic N) is 1. The van der Waals surface area contributed by atoms with E-state index in [9.17, 15) is 0 Å². The van der Waals surface area contributed by atoms with E-state index in [4.69, 9.17) is 0 Å². The van der Waals surface area contributed by atoms with Crippen molar-refractivity contribution >= 4 is 11.4 Å². The van der Waals surface area contributed by atoms with Crippen molar-refractivity contribution in [2.24, 2.45) is 0 Å². The van der Waals surface area contributed by atoms with Gasteiger partial charge in [0.15, 0.2) is 0 Å². The van der Waals surface area contributed by atoms with E-state index < -0.39 is 0 Å². The molecule has 2 rings (SSSR count). The summed E-state index contributed by atoms with van der Waals surface area (Å²) in [6, 6.07) is 19.0. The van der Waals surface area contributed by atoms with Gasteiger partial charge in [-0.05, 0) is 30.2 Å². The Labute approximate surface area is 97.3 Å². The predicted molar refractivity (Wildman–Crippen MR) is 70.3 cm³/mol. The maximum Gasteiger partial charge on any atom is 0.0440 e. The monoisotopic (exact) mass is 211 g/mol. The highest BCUT2D eigenvalue weighted by atomic mass is 15.1. The van der Waals surface area contributed by atoms with E-state index in [1.807, 2.05) is 6.07 Å². The predicted octanol–water partition coefficient (Wildman–Crippen LogP) is 4.02. The van der Waals surface area contributed by atoms with Gasteiger partial charge in [0, 0.05) is 18.4 Å². The highest BCUT2D eigenvalue weighted by Gasteiger charge is 2.06. The lowest BCUT2D eigenvalue weighted by Gasteiger charge is -2.22. The van der Waals surface area contributed by atoms with Gasteiger partial charge in [-0.25, -0.2) is 0 Å². The fraction of sp³-hybridized carbons (Fsp3) is 0.200. The number of hydrogen-bond donors (Lipinski definition) is 0. The third kappa shape index (κ3) is 2.08. The number of benzene rings is 2. The van der Waals surface area contributed by atoms with Crippen molar-refractivity contribution in [1.29, 1.82) is 0 Å². The Balaban J connectivity index is 2.37. The Kier molecular flexibility index (Phi) is 3.25. The normalized spacial score (nSPS) is 10.1. The Morgan fingerprint density at radius 1 is 0.875 bits per heavy atom. The quantitative estimate of drug-likeness (QED) is 0.741. The van der Waals surface area contributed by atoms with Gasteiger partial charge in [-0.2, -0.15) is 0 Å². The number of rotatable bonds is 3. The van der Waals surface area contributed by atoms with Crippen LogP contribution in [0.15, 0.2) is 54.6 Å². The molecule has 0 aliphatic heterocycles. The molecule has 0 fully saturated rings. The molecule has 2 aromatic carbocycles. The molecular weight excluding hydrogens is 194 g/mol. The summed E-state index contributed by atoms with van der Waals surface area (Å²) in [5.41, 5.74) is 3.90. The third-order valence-corrected chi connectivity index (χ3v) is 2.88. The maximum absolute atomic E-state index is 2.23. The van der Waals surface area contributed by atoms with Crippen LogP contribution in [0.4, 0.5) is 11.4 Å². The number of hydrogen-bond acceptors (Lipinski definition) is 1.